The van der Waals surface area contributed by atoms with Crippen molar-refractivity contribution < 1.29 is 26.3 Å². The summed E-state index contributed by atoms with van der Waals surface area (Å²) in [5.74, 6) is 0.542. The van der Waals surface area contributed by atoms with Gasteiger partial charge in [0.1, 0.15) is 11.6 Å². The van der Waals surface area contributed by atoms with Gasteiger partial charge in [-0.1, -0.05) is 39.3 Å². The summed E-state index contributed by atoms with van der Waals surface area (Å²) in [5, 5.41) is 6.54. The molecule has 0 bridgehead atoms. The van der Waals surface area contributed by atoms with Crippen LogP contribution in [0.2, 0.25) is 0 Å². The molecule has 0 amide bonds. The maximum absolute atomic E-state index is 13.6. The minimum absolute atomic E-state index is 0.101. The lowest BCUT2D eigenvalue weighted by atomic mass is 10.0. The van der Waals surface area contributed by atoms with Crippen LogP contribution < -0.4 is 10.6 Å². The highest BCUT2D eigenvalue weighted by molar-refractivity contribution is 5.92. The predicted octanol–water partition coefficient (Wildman–Crippen LogP) is 7.91. The molecule has 218 valence electrons. The van der Waals surface area contributed by atoms with E-state index in [-0.39, 0.29) is 34.2 Å². The number of allylic oxidation sites excluding steroid dienone is 2. The average molecular weight is 569 g/mol. The Labute approximate surface area is 230 Å². The van der Waals surface area contributed by atoms with Crippen molar-refractivity contribution >= 4 is 16.7 Å². The smallest absolute Gasteiger partial charge is 0.338 e. The standard InChI is InChI=1S/C26H28F6N6.C2H6/c1-4-6-12-33-15-22-36-21-14-17(23-20(25(27,28)29)9-7-13-34-23)10-11-19(21)24(37-22)35-18(8-5-2)16-38(3)26(30,31)32;1-2/h5,7-11,13-14,16,33H,4,6,12,15H2,1-3H3,(H,35,36,37);1-2H3/b8-5-,18-16+;. The molecule has 2 aromatic heterocycles. The number of rotatable bonds is 10. The summed E-state index contributed by atoms with van der Waals surface area (Å²) in [6.07, 6.45) is -2.14. The summed E-state index contributed by atoms with van der Waals surface area (Å²) in [6, 6.07) is 6.61. The Morgan fingerprint density at radius 1 is 1.05 bits per heavy atom. The fraction of sp³-hybridized carbons (Fsp3) is 0.393. The summed E-state index contributed by atoms with van der Waals surface area (Å²) >= 11 is 0. The van der Waals surface area contributed by atoms with Gasteiger partial charge in [0.2, 0.25) is 0 Å². The van der Waals surface area contributed by atoms with Gasteiger partial charge in [-0.05, 0) is 50.2 Å². The van der Waals surface area contributed by atoms with Crippen LogP contribution in [-0.4, -0.2) is 39.7 Å². The highest BCUT2D eigenvalue weighted by Gasteiger charge is 2.34. The van der Waals surface area contributed by atoms with Crippen LogP contribution in [0.15, 0.2) is 60.6 Å². The third-order valence-electron chi connectivity index (χ3n) is 5.46. The molecule has 0 saturated carbocycles. The van der Waals surface area contributed by atoms with Gasteiger partial charge in [0.25, 0.3) is 0 Å². The second-order valence-electron chi connectivity index (χ2n) is 8.44. The Balaban J connectivity index is 0.00000274. The van der Waals surface area contributed by atoms with Gasteiger partial charge in [-0.15, -0.1) is 0 Å². The molecule has 1 aromatic carbocycles. The maximum Gasteiger partial charge on any atom is 0.484 e. The van der Waals surface area contributed by atoms with Gasteiger partial charge in [-0.2, -0.15) is 26.3 Å². The number of pyridine rings is 1. The van der Waals surface area contributed by atoms with Crippen molar-refractivity contribution in [1.29, 1.82) is 0 Å². The molecule has 0 aliphatic rings. The third-order valence-corrected chi connectivity index (χ3v) is 5.46. The predicted molar refractivity (Wildman–Crippen MR) is 146 cm³/mol. The van der Waals surface area contributed by atoms with Crippen LogP contribution in [0.5, 0.6) is 0 Å². The van der Waals surface area contributed by atoms with E-state index in [0.29, 0.717) is 23.3 Å². The Morgan fingerprint density at radius 2 is 1.77 bits per heavy atom. The van der Waals surface area contributed by atoms with Crippen molar-refractivity contribution in [3.8, 4) is 11.3 Å². The summed E-state index contributed by atoms with van der Waals surface area (Å²) in [7, 11) is 0.879. The van der Waals surface area contributed by atoms with Crippen molar-refractivity contribution in [3.63, 3.8) is 0 Å². The highest BCUT2D eigenvalue weighted by Crippen LogP contribution is 2.37. The highest BCUT2D eigenvalue weighted by atomic mass is 19.4. The quantitative estimate of drug-likeness (QED) is 0.112. The molecule has 0 aliphatic heterocycles. The van der Waals surface area contributed by atoms with Gasteiger partial charge in [0, 0.05) is 30.4 Å². The minimum atomic E-state index is -4.61. The van der Waals surface area contributed by atoms with E-state index < -0.39 is 18.0 Å². The molecule has 3 rings (SSSR count). The van der Waals surface area contributed by atoms with Crippen molar-refractivity contribution in [1.82, 2.24) is 25.2 Å². The second kappa shape index (κ2) is 14.6. The first-order valence-corrected chi connectivity index (χ1v) is 12.9. The van der Waals surface area contributed by atoms with E-state index in [2.05, 4.69) is 25.6 Å². The number of anilines is 1. The molecule has 0 aliphatic carbocycles. The molecule has 6 nitrogen and oxygen atoms in total. The molecule has 3 aromatic rings. The van der Waals surface area contributed by atoms with Crippen LogP contribution in [0.4, 0.5) is 32.2 Å². The fourth-order valence-corrected chi connectivity index (χ4v) is 3.58. The normalized spacial score (nSPS) is 12.4. The van der Waals surface area contributed by atoms with Gasteiger partial charge in [-0.3, -0.25) is 9.88 Å². The molecular weight excluding hydrogens is 534 g/mol. The summed E-state index contributed by atoms with van der Waals surface area (Å²) < 4.78 is 80.2. The summed E-state index contributed by atoms with van der Waals surface area (Å²) in [6.45, 7) is 8.65. The number of hydrogen-bond donors (Lipinski definition) is 2. The molecule has 0 unspecified atom stereocenters. The molecule has 12 heteroatoms. The lowest BCUT2D eigenvalue weighted by Crippen LogP contribution is -2.30. The fourth-order valence-electron chi connectivity index (χ4n) is 3.58. The molecule has 2 heterocycles. The van der Waals surface area contributed by atoms with Gasteiger partial charge < -0.3 is 10.6 Å². The molecule has 0 spiro atoms. The number of hydrogen-bond acceptors (Lipinski definition) is 6. The largest absolute Gasteiger partial charge is 0.484 e. The Hall–Kier alpha value is -3.67. The van der Waals surface area contributed by atoms with Gasteiger partial charge in [0.15, 0.2) is 0 Å². The minimum Gasteiger partial charge on any atom is -0.338 e. The van der Waals surface area contributed by atoms with Crippen LogP contribution in [0.1, 0.15) is 51.9 Å². The first kappa shape index (κ1) is 32.5. The monoisotopic (exact) mass is 568 g/mol. The lowest BCUT2D eigenvalue weighted by Gasteiger charge is -2.20. The lowest BCUT2D eigenvalue weighted by molar-refractivity contribution is -0.219. The van der Waals surface area contributed by atoms with E-state index in [1.807, 2.05) is 20.8 Å². The van der Waals surface area contributed by atoms with Crippen molar-refractivity contribution in [3.05, 3.63) is 72.0 Å². The number of benzene rings is 1. The van der Waals surface area contributed by atoms with Crippen LogP contribution in [0, 0.1) is 0 Å². The summed E-state index contributed by atoms with van der Waals surface area (Å²) in [4.78, 5) is 13.1. The van der Waals surface area contributed by atoms with Gasteiger partial charge in [-0.25, -0.2) is 9.97 Å². The van der Waals surface area contributed by atoms with Crippen molar-refractivity contribution in [2.45, 2.75) is 59.6 Å². The van der Waals surface area contributed by atoms with E-state index >= 15 is 0 Å². The van der Waals surface area contributed by atoms with E-state index in [0.717, 1.165) is 32.2 Å². The molecule has 0 radical (unpaired) electrons. The van der Waals surface area contributed by atoms with Crippen molar-refractivity contribution in [2.75, 3.05) is 18.9 Å². The van der Waals surface area contributed by atoms with E-state index in [1.165, 1.54) is 36.5 Å². The number of halogens is 6. The van der Waals surface area contributed by atoms with Gasteiger partial charge in [0.05, 0.1) is 29.0 Å². The first-order valence-electron chi connectivity index (χ1n) is 12.9. The molecule has 40 heavy (non-hydrogen) atoms. The van der Waals surface area contributed by atoms with Gasteiger partial charge >= 0.3 is 12.5 Å². The maximum atomic E-state index is 13.6. The molecular formula is C28H34F6N6. The van der Waals surface area contributed by atoms with E-state index in [9.17, 15) is 26.3 Å². The molecule has 2 N–H and O–H groups in total. The first-order chi connectivity index (χ1) is 18.9. The zero-order valence-corrected chi connectivity index (χ0v) is 23.1. The van der Waals surface area contributed by atoms with Crippen LogP contribution >= 0.6 is 0 Å². The Kier molecular flexibility index (Phi) is 11.9. The zero-order chi connectivity index (χ0) is 29.9. The Morgan fingerprint density at radius 3 is 2.40 bits per heavy atom. The number of nitrogens with zero attached hydrogens (tertiary/aromatic N) is 4. The molecule has 0 saturated heterocycles. The Bertz CT molecular complexity index is 1300. The number of aromatic nitrogens is 3. The topological polar surface area (TPSA) is 66.0 Å². The van der Waals surface area contributed by atoms with E-state index in [1.54, 1.807) is 13.0 Å². The second-order valence-corrected chi connectivity index (χ2v) is 8.44. The SMILES string of the molecule is C/C=C\C(=C/N(C)C(F)(F)F)Nc1nc(CNCCCC)nc2cc(-c3ncccc3C(F)(F)F)ccc12.CC. The van der Waals surface area contributed by atoms with E-state index in [4.69, 9.17) is 0 Å². The van der Waals surface area contributed by atoms with Crippen LogP contribution in [-0.2, 0) is 12.7 Å². The zero-order valence-electron chi connectivity index (χ0n) is 23.1. The van der Waals surface area contributed by atoms with Crippen molar-refractivity contribution in [2.24, 2.45) is 0 Å². The summed E-state index contributed by atoms with van der Waals surface area (Å²) in [5.41, 5.74) is -0.526. The molecule has 0 fully saturated rings. The number of alkyl halides is 6. The third kappa shape index (κ3) is 8.94. The number of nitrogens with one attached hydrogen (secondary N) is 2. The molecule has 0 atom stereocenters. The number of fused-ring (bicyclic) bond motifs is 1. The number of unbranched alkanes of at least 4 members (excludes halogenated alkanes) is 1. The average Bonchev–Trinajstić information content (AvgIpc) is 2.91. The van der Waals surface area contributed by atoms with Crippen LogP contribution in [0.25, 0.3) is 22.2 Å². The van der Waals surface area contributed by atoms with Crippen LogP contribution in [0.3, 0.4) is 0 Å².